The van der Waals surface area contributed by atoms with E-state index in [-0.39, 0.29) is 17.6 Å². The number of ketones is 1. The molecule has 1 aliphatic carbocycles. The molecule has 1 fully saturated rings. The van der Waals surface area contributed by atoms with Crippen molar-refractivity contribution in [3.05, 3.63) is 29.8 Å². The Morgan fingerprint density at radius 3 is 2.71 bits per heavy atom. The number of Topliss-reactive ketones (excluding diaryl/α,β-unsaturated/α-hetero) is 1. The molecule has 0 spiro atoms. The van der Waals surface area contributed by atoms with Crippen LogP contribution in [0.25, 0.3) is 0 Å². The van der Waals surface area contributed by atoms with Gasteiger partial charge in [0.2, 0.25) is 11.8 Å². The van der Waals surface area contributed by atoms with Crippen LogP contribution in [0.1, 0.15) is 23.7 Å². The molecular weight excluding hydrogens is 306 g/mol. The highest BCUT2D eigenvalue weighted by Gasteiger charge is 2.73. The molecule has 2 amide bonds. The maximum atomic E-state index is 12.9. The van der Waals surface area contributed by atoms with E-state index in [1.54, 1.807) is 31.2 Å². The molecule has 128 valence electrons. The summed E-state index contributed by atoms with van der Waals surface area (Å²) in [5.41, 5.74) is 0.0762. The second-order valence-corrected chi connectivity index (χ2v) is 7.05. The van der Waals surface area contributed by atoms with Crippen LogP contribution < -0.4 is 10.6 Å². The number of nitrogens with zero attached hydrogens (tertiary/aromatic N) is 1. The number of amides is 2. The molecule has 1 saturated carbocycles. The average Bonchev–Trinajstić information content (AvgIpc) is 3.19. The minimum atomic E-state index is -0.942. The molecule has 24 heavy (non-hydrogen) atoms. The first-order chi connectivity index (χ1) is 11.4. The summed E-state index contributed by atoms with van der Waals surface area (Å²) >= 11 is 0. The molecule has 6 heteroatoms. The molecule has 0 radical (unpaired) electrons. The smallest absolute Gasteiger partial charge is 0.229 e. The van der Waals surface area contributed by atoms with Gasteiger partial charge in [0.25, 0.3) is 0 Å². The SMILES string of the molecule is CN(C)CCCNC(=O)[C@@H]1C2C(=O)Nc3ccccc3C(=O)[C@@]21C. The van der Waals surface area contributed by atoms with Crippen molar-refractivity contribution in [1.29, 1.82) is 0 Å². The molecule has 1 aromatic carbocycles. The second-order valence-electron chi connectivity index (χ2n) is 7.05. The Morgan fingerprint density at radius 2 is 2.00 bits per heavy atom. The fourth-order valence-corrected chi connectivity index (χ4v) is 3.65. The van der Waals surface area contributed by atoms with Gasteiger partial charge >= 0.3 is 0 Å². The van der Waals surface area contributed by atoms with E-state index in [9.17, 15) is 14.4 Å². The molecule has 3 atom stereocenters. The van der Waals surface area contributed by atoms with Gasteiger partial charge in [0, 0.05) is 12.1 Å². The maximum absolute atomic E-state index is 12.9. The van der Waals surface area contributed by atoms with E-state index in [1.165, 1.54) is 0 Å². The van der Waals surface area contributed by atoms with Crippen molar-refractivity contribution < 1.29 is 14.4 Å². The highest BCUT2D eigenvalue weighted by Crippen LogP contribution is 2.62. The van der Waals surface area contributed by atoms with Crippen LogP contribution in [0.4, 0.5) is 5.69 Å². The van der Waals surface area contributed by atoms with E-state index in [1.807, 2.05) is 19.0 Å². The summed E-state index contributed by atoms with van der Waals surface area (Å²) in [5.74, 6) is -1.76. The molecule has 0 saturated heterocycles. The van der Waals surface area contributed by atoms with Crippen molar-refractivity contribution in [2.75, 3.05) is 32.5 Å². The lowest BCUT2D eigenvalue weighted by Gasteiger charge is -2.13. The van der Waals surface area contributed by atoms with Gasteiger partial charge in [0.15, 0.2) is 5.78 Å². The second kappa shape index (κ2) is 6.02. The van der Waals surface area contributed by atoms with E-state index in [4.69, 9.17) is 0 Å². The highest BCUT2D eigenvalue weighted by atomic mass is 16.2. The Bertz CT molecular complexity index is 701. The van der Waals surface area contributed by atoms with Crippen LogP contribution in [0.2, 0.25) is 0 Å². The van der Waals surface area contributed by atoms with E-state index in [2.05, 4.69) is 10.6 Å². The lowest BCUT2D eigenvalue weighted by Crippen LogP contribution is -2.32. The standard InChI is InChI=1S/C18H23N3O3/c1-18-13(16(23)19-9-6-10-21(2)3)14(18)17(24)20-12-8-5-4-7-11(12)15(18)22/h4-5,7-8,13-14H,6,9-10H2,1-3H3,(H,19,23)(H,20,24)/t13-,14?,18+/m0/s1. The fourth-order valence-electron chi connectivity index (χ4n) is 3.65. The number of hydrogen-bond donors (Lipinski definition) is 2. The molecule has 3 rings (SSSR count). The van der Waals surface area contributed by atoms with Gasteiger partial charge < -0.3 is 15.5 Å². The number of rotatable bonds is 5. The van der Waals surface area contributed by atoms with Crippen LogP contribution in [-0.2, 0) is 9.59 Å². The normalized spacial score (nSPS) is 27.8. The third-order valence-corrected chi connectivity index (χ3v) is 5.08. The largest absolute Gasteiger partial charge is 0.356 e. The minimum Gasteiger partial charge on any atom is -0.356 e. The van der Waals surface area contributed by atoms with E-state index in [0.29, 0.717) is 17.8 Å². The molecule has 2 aliphatic rings. The van der Waals surface area contributed by atoms with Crippen LogP contribution in [-0.4, -0.2) is 49.7 Å². The number of carbonyl (C=O) groups is 3. The topological polar surface area (TPSA) is 78.5 Å². The third kappa shape index (κ3) is 2.60. The summed E-state index contributed by atoms with van der Waals surface area (Å²) in [7, 11) is 3.95. The molecule has 1 unspecified atom stereocenters. The van der Waals surface area contributed by atoms with Gasteiger partial charge in [0.1, 0.15) is 0 Å². The number of anilines is 1. The zero-order valence-electron chi connectivity index (χ0n) is 14.3. The Hall–Kier alpha value is -2.21. The van der Waals surface area contributed by atoms with Crippen LogP contribution in [0.15, 0.2) is 24.3 Å². The molecule has 6 nitrogen and oxygen atoms in total. The predicted molar refractivity (Wildman–Crippen MR) is 90.7 cm³/mol. The molecule has 1 heterocycles. The van der Waals surface area contributed by atoms with Gasteiger partial charge in [-0.1, -0.05) is 19.1 Å². The van der Waals surface area contributed by atoms with Crippen molar-refractivity contribution >= 4 is 23.3 Å². The summed E-state index contributed by atoms with van der Waals surface area (Å²) in [4.78, 5) is 39.9. The summed E-state index contributed by atoms with van der Waals surface area (Å²) in [6.45, 7) is 3.15. The van der Waals surface area contributed by atoms with Crippen molar-refractivity contribution in [3.63, 3.8) is 0 Å². The first kappa shape index (κ1) is 16.6. The summed E-state index contributed by atoms with van der Waals surface area (Å²) in [6, 6.07) is 6.97. The van der Waals surface area contributed by atoms with Gasteiger partial charge in [-0.3, -0.25) is 14.4 Å². The average molecular weight is 329 g/mol. The van der Waals surface area contributed by atoms with Crippen LogP contribution in [0, 0.1) is 17.3 Å². The number of benzene rings is 1. The highest BCUT2D eigenvalue weighted by molar-refractivity contribution is 6.19. The number of nitrogens with one attached hydrogen (secondary N) is 2. The molecule has 2 N–H and O–H groups in total. The number of hydrogen-bond acceptors (Lipinski definition) is 4. The summed E-state index contributed by atoms with van der Waals surface area (Å²) < 4.78 is 0. The predicted octanol–water partition coefficient (Wildman–Crippen LogP) is 1.14. The van der Waals surface area contributed by atoms with E-state index < -0.39 is 17.3 Å². The molecule has 0 bridgehead atoms. The Labute approximate surface area is 141 Å². The van der Waals surface area contributed by atoms with Crippen molar-refractivity contribution in [2.45, 2.75) is 13.3 Å². The minimum absolute atomic E-state index is 0.130. The van der Waals surface area contributed by atoms with Crippen molar-refractivity contribution in [3.8, 4) is 0 Å². The lowest BCUT2D eigenvalue weighted by atomic mass is 9.92. The first-order valence-electron chi connectivity index (χ1n) is 8.24. The maximum Gasteiger partial charge on any atom is 0.229 e. The van der Waals surface area contributed by atoms with Crippen molar-refractivity contribution in [1.82, 2.24) is 10.2 Å². The first-order valence-corrected chi connectivity index (χ1v) is 8.24. The number of fused-ring (bicyclic) bond motifs is 2. The van der Waals surface area contributed by atoms with Gasteiger partial charge in [-0.25, -0.2) is 0 Å². The van der Waals surface area contributed by atoms with Gasteiger partial charge in [-0.15, -0.1) is 0 Å². The number of carbonyl (C=O) groups excluding carboxylic acids is 3. The molecular formula is C18H23N3O3. The number of para-hydroxylation sites is 1. The molecule has 1 aromatic rings. The third-order valence-electron chi connectivity index (χ3n) is 5.08. The zero-order chi connectivity index (χ0) is 17.5. The summed E-state index contributed by atoms with van der Waals surface area (Å²) in [6.07, 6.45) is 0.829. The van der Waals surface area contributed by atoms with Crippen molar-refractivity contribution in [2.24, 2.45) is 17.3 Å². The van der Waals surface area contributed by atoms with Gasteiger partial charge in [0.05, 0.1) is 22.9 Å². The fraction of sp³-hybridized carbons (Fsp3) is 0.500. The van der Waals surface area contributed by atoms with Crippen LogP contribution >= 0.6 is 0 Å². The van der Waals surface area contributed by atoms with Crippen LogP contribution in [0.3, 0.4) is 0 Å². The van der Waals surface area contributed by atoms with Gasteiger partial charge in [-0.05, 0) is 39.2 Å². The van der Waals surface area contributed by atoms with Gasteiger partial charge in [-0.2, -0.15) is 0 Å². The monoisotopic (exact) mass is 329 g/mol. The van der Waals surface area contributed by atoms with E-state index in [0.717, 1.165) is 13.0 Å². The zero-order valence-corrected chi connectivity index (χ0v) is 14.3. The quantitative estimate of drug-likeness (QED) is 0.794. The van der Waals surface area contributed by atoms with E-state index >= 15 is 0 Å². The molecule has 1 aliphatic heterocycles. The molecule has 0 aromatic heterocycles. The Morgan fingerprint density at radius 1 is 1.29 bits per heavy atom. The lowest BCUT2D eigenvalue weighted by molar-refractivity contribution is -0.125. The Balaban J connectivity index is 1.74. The van der Waals surface area contributed by atoms with Crippen LogP contribution in [0.5, 0.6) is 0 Å². The summed E-state index contributed by atoms with van der Waals surface area (Å²) in [5, 5.41) is 5.66. The Kier molecular flexibility index (Phi) is 4.17.